The number of esters is 3. The molecule has 0 unspecified atom stereocenters. The minimum Gasteiger partial charge on any atom is -0.497 e. The van der Waals surface area contributed by atoms with Gasteiger partial charge in [-0.1, -0.05) is 54.6 Å². The molecule has 0 radical (unpaired) electrons. The van der Waals surface area contributed by atoms with Crippen molar-refractivity contribution in [3.05, 3.63) is 95.6 Å². The number of hydrogen-bond donors (Lipinski definition) is 1. The minimum absolute atomic E-state index is 0.273. The third kappa shape index (κ3) is 8.93. The Morgan fingerprint density at radius 2 is 1.18 bits per heavy atom. The first-order valence-corrected chi connectivity index (χ1v) is 15.5. The SMILES string of the molecule is COc1ccc(C(OC[C@H]2O[C@H](OC)[C@H](OC(C)=O)[C@@H](OC(C)=O)[C@@H]2OC(=O)CCC(N)=O)(c2ccccc2)c2ccc(OC)cc2)cc1. The Morgan fingerprint density at radius 1 is 0.673 bits per heavy atom. The highest BCUT2D eigenvalue weighted by Crippen LogP contribution is 2.42. The molecule has 262 valence electrons. The van der Waals surface area contributed by atoms with E-state index in [1.807, 2.05) is 78.9 Å². The van der Waals surface area contributed by atoms with Crippen LogP contribution >= 0.6 is 0 Å². The first-order valence-electron chi connectivity index (χ1n) is 15.5. The first kappa shape index (κ1) is 36.8. The molecule has 5 atom stereocenters. The molecule has 13 heteroatoms. The highest BCUT2D eigenvalue weighted by molar-refractivity contribution is 5.80. The fraction of sp³-hybridized carbons (Fsp3) is 0.389. The molecule has 1 aliphatic rings. The minimum atomic E-state index is -1.38. The summed E-state index contributed by atoms with van der Waals surface area (Å²) in [5.41, 5.74) is 6.14. The van der Waals surface area contributed by atoms with Crippen LogP contribution in [0.4, 0.5) is 0 Å². The summed E-state index contributed by atoms with van der Waals surface area (Å²) >= 11 is 0. The summed E-state index contributed by atoms with van der Waals surface area (Å²) in [6.45, 7) is 2.05. The Labute approximate surface area is 284 Å². The summed E-state index contributed by atoms with van der Waals surface area (Å²) in [6, 6.07) is 24.2. The maximum Gasteiger partial charge on any atom is 0.306 e. The van der Waals surface area contributed by atoms with Crippen LogP contribution in [0.2, 0.25) is 0 Å². The number of carbonyl (C=O) groups excluding carboxylic acids is 4. The maximum absolute atomic E-state index is 13.0. The van der Waals surface area contributed by atoms with E-state index >= 15 is 0 Å². The molecule has 1 aliphatic heterocycles. The van der Waals surface area contributed by atoms with Crippen molar-refractivity contribution in [1.82, 2.24) is 0 Å². The second-order valence-electron chi connectivity index (χ2n) is 11.2. The smallest absolute Gasteiger partial charge is 0.306 e. The van der Waals surface area contributed by atoms with Crippen LogP contribution in [0.3, 0.4) is 0 Å². The van der Waals surface area contributed by atoms with Gasteiger partial charge in [0.1, 0.15) is 23.2 Å². The molecule has 49 heavy (non-hydrogen) atoms. The second-order valence-corrected chi connectivity index (χ2v) is 11.2. The largest absolute Gasteiger partial charge is 0.497 e. The number of hydrogen-bond acceptors (Lipinski definition) is 12. The zero-order valence-corrected chi connectivity index (χ0v) is 28.0. The van der Waals surface area contributed by atoms with Crippen molar-refractivity contribution in [2.45, 2.75) is 63.0 Å². The lowest BCUT2D eigenvalue weighted by Crippen LogP contribution is -2.63. The van der Waals surface area contributed by atoms with Gasteiger partial charge in [-0.2, -0.15) is 0 Å². The van der Waals surface area contributed by atoms with Crippen molar-refractivity contribution in [3.63, 3.8) is 0 Å². The third-order valence-corrected chi connectivity index (χ3v) is 7.91. The van der Waals surface area contributed by atoms with Gasteiger partial charge in [0.05, 0.1) is 27.2 Å². The number of ether oxygens (including phenoxy) is 8. The molecule has 4 rings (SSSR count). The quantitative estimate of drug-likeness (QED) is 0.141. The molecule has 0 aromatic heterocycles. The summed E-state index contributed by atoms with van der Waals surface area (Å²) in [5, 5.41) is 0. The van der Waals surface area contributed by atoms with E-state index in [4.69, 9.17) is 43.6 Å². The predicted molar refractivity (Wildman–Crippen MR) is 173 cm³/mol. The van der Waals surface area contributed by atoms with Crippen LogP contribution in [-0.4, -0.2) is 82.5 Å². The number of benzene rings is 3. The number of nitrogens with two attached hydrogens (primary N) is 1. The highest BCUT2D eigenvalue weighted by atomic mass is 16.7. The van der Waals surface area contributed by atoms with Crippen LogP contribution in [0.5, 0.6) is 11.5 Å². The zero-order valence-electron chi connectivity index (χ0n) is 28.0. The van der Waals surface area contributed by atoms with Gasteiger partial charge in [-0.15, -0.1) is 0 Å². The highest BCUT2D eigenvalue weighted by Gasteiger charge is 2.53. The zero-order chi connectivity index (χ0) is 35.6. The van der Waals surface area contributed by atoms with Crippen LogP contribution < -0.4 is 15.2 Å². The van der Waals surface area contributed by atoms with Gasteiger partial charge in [-0.25, -0.2) is 0 Å². The first-order chi connectivity index (χ1) is 23.5. The van der Waals surface area contributed by atoms with E-state index in [1.165, 1.54) is 14.0 Å². The molecule has 0 bridgehead atoms. The normalized spacial score (nSPS) is 20.5. The molecule has 1 amide bonds. The summed E-state index contributed by atoms with van der Waals surface area (Å²) in [5.74, 6) is -1.75. The number of amides is 1. The van der Waals surface area contributed by atoms with Crippen LogP contribution in [-0.2, 0) is 53.2 Å². The van der Waals surface area contributed by atoms with Gasteiger partial charge >= 0.3 is 17.9 Å². The molecule has 1 fully saturated rings. The average Bonchev–Trinajstić information content (AvgIpc) is 3.10. The van der Waals surface area contributed by atoms with Crippen molar-refractivity contribution >= 4 is 23.8 Å². The van der Waals surface area contributed by atoms with Crippen LogP contribution in [0.25, 0.3) is 0 Å². The Morgan fingerprint density at radius 3 is 1.65 bits per heavy atom. The van der Waals surface area contributed by atoms with E-state index in [-0.39, 0.29) is 19.4 Å². The van der Waals surface area contributed by atoms with E-state index in [2.05, 4.69) is 0 Å². The number of primary amides is 1. The van der Waals surface area contributed by atoms with Gasteiger partial charge < -0.3 is 43.6 Å². The molecule has 2 N–H and O–H groups in total. The van der Waals surface area contributed by atoms with Crippen LogP contribution in [0.1, 0.15) is 43.4 Å². The molecule has 1 heterocycles. The molecular formula is C36H41NO12. The van der Waals surface area contributed by atoms with Crippen LogP contribution in [0.15, 0.2) is 78.9 Å². The van der Waals surface area contributed by atoms with Gasteiger partial charge in [-0.3, -0.25) is 19.2 Å². The summed E-state index contributed by atoms with van der Waals surface area (Å²) < 4.78 is 46.5. The Kier molecular flexibility index (Phi) is 12.7. The van der Waals surface area contributed by atoms with Crippen LogP contribution in [0, 0.1) is 0 Å². The lowest BCUT2D eigenvalue weighted by atomic mass is 9.80. The van der Waals surface area contributed by atoms with E-state index < -0.39 is 60.1 Å². The topological polar surface area (TPSA) is 168 Å². The standard InChI is InChI=1S/C36H41NO12/c1-22(38)46-33-32(49-31(41)20-19-30(37)40)29(48-35(44-5)34(33)47-23(2)39)21-45-36(24-9-7-6-8-10-24,25-11-15-27(42-3)16-12-25)26-13-17-28(43-4)18-14-26/h6-18,29,32-35H,19-21H2,1-5H3,(H2,37,40)/t29-,32-,33+,34-,35+/m1/s1. The molecule has 0 spiro atoms. The monoisotopic (exact) mass is 679 g/mol. The van der Waals surface area contributed by atoms with Gasteiger partial charge in [0.15, 0.2) is 24.6 Å². The Bertz CT molecular complexity index is 1510. The Balaban J connectivity index is 1.85. The van der Waals surface area contributed by atoms with Gasteiger partial charge in [-0.05, 0) is 41.0 Å². The number of carbonyl (C=O) groups is 4. The molecular weight excluding hydrogens is 638 g/mol. The third-order valence-electron chi connectivity index (χ3n) is 7.91. The van der Waals surface area contributed by atoms with Crippen molar-refractivity contribution in [1.29, 1.82) is 0 Å². The summed E-state index contributed by atoms with van der Waals surface area (Å²) in [4.78, 5) is 49.0. The van der Waals surface area contributed by atoms with Crippen molar-refractivity contribution < 1.29 is 57.1 Å². The average molecular weight is 680 g/mol. The molecule has 0 aliphatic carbocycles. The van der Waals surface area contributed by atoms with Gasteiger partial charge in [0.25, 0.3) is 0 Å². The molecule has 3 aromatic rings. The van der Waals surface area contributed by atoms with Gasteiger partial charge in [0, 0.05) is 27.4 Å². The molecule has 13 nitrogen and oxygen atoms in total. The number of rotatable bonds is 15. The van der Waals surface area contributed by atoms with E-state index in [0.29, 0.717) is 22.6 Å². The number of methoxy groups -OCH3 is 3. The van der Waals surface area contributed by atoms with Crippen molar-refractivity contribution in [2.75, 3.05) is 27.9 Å². The summed E-state index contributed by atoms with van der Waals surface area (Å²) in [7, 11) is 4.46. The fourth-order valence-corrected chi connectivity index (χ4v) is 5.70. The second kappa shape index (κ2) is 16.9. The van der Waals surface area contributed by atoms with E-state index in [1.54, 1.807) is 14.2 Å². The lowest BCUT2D eigenvalue weighted by molar-refractivity contribution is -0.306. The van der Waals surface area contributed by atoms with Crippen molar-refractivity contribution in [2.24, 2.45) is 5.73 Å². The fourth-order valence-electron chi connectivity index (χ4n) is 5.70. The van der Waals surface area contributed by atoms with E-state index in [9.17, 15) is 19.2 Å². The predicted octanol–water partition coefficient (Wildman–Crippen LogP) is 3.42. The lowest BCUT2D eigenvalue weighted by Gasteiger charge is -2.45. The molecule has 0 saturated carbocycles. The summed E-state index contributed by atoms with van der Waals surface area (Å²) in [6.07, 6.45) is -7.12. The maximum atomic E-state index is 13.0. The molecule has 1 saturated heterocycles. The van der Waals surface area contributed by atoms with E-state index in [0.717, 1.165) is 12.5 Å². The Hall–Kier alpha value is -4.98. The van der Waals surface area contributed by atoms with Gasteiger partial charge in [0.2, 0.25) is 5.91 Å². The molecule has 3 aromatic carbocycles. The van der Waals surface area contributed by atoms with Crippen molar-refractivity contribution in [3.8, 4) is 11.5 Å².